The van der Waals surface area contributed by atoms with Crippen LogP contribution in [0.2, 0.25) is 0 Å². The Kier molecular flexibility index (Phi) is 9.14. The molecule has 0 saturated carbocycles. The van der Waals surface area contributed by atoms with Crippen LogP contribution in [0.25, 0.3) is 0 Å². The second kappa shape index (κ2) is 13.7. The molecule has 11 heteroatoms. The van der Waals surface area contributed by atoms with Gasteiger partial charge >= 0.3 is 11.9 Å². The second-order valence-electron chi connectivity index (χ2n) is 9.84. The zero-order chi connectivity index (χ0) is 32.6. The molecule has 0 aromatic heterocycles. The maximum Gasteiger partial charge on any atom is 0.336 e. The molecule has 5 N–H and O–H groups in total. The van der Waals surface area contributed by atoms with Crippen LogP contribution in [0.4, 0.5) is 17.1 Å². The molecule has 0 aliphatic heterocycles. The molecular weight excluding hydrogens is 590 g/mol. The number of rotatable bonds is 10. The average Bonchev–Trinajstić information content (AvgIpc) is 3.06. The van der Waals surface area contributed by atoms with Crippen LogP contribution in [-0.2, 0) is 0 Å². The van der Waals surface area contributed by atoms with E-state index < -0.39 is 35.2 Å². The summed E-state index contributed by atoms with van der Waals surface area (Å²) in [5, 5.41) is 26.8. The summed E-state index contributed by atoms with van der Waals surface area (Å²) in [7, 11) is 0. The fourth-order valence-electron chi connectivity index (χ4n) is 4.38. The SMILES string of the molecule is O=C(Nc1cc(NC(=O)c2ccccc2)cc(C(=O)Nc2ccc(Oc3ccc(C(=O)O)c(C(=O)O)c3)cc2)c1)c1ccccc1. The highest BCUT2D eigenvalue weighted by atomic mass is 16.5. The molecule has 0 atom stereocenters. The standard InChI is InChI=1S/C35H25N3O8/c39-31(21-7-3-1-4-8-21)37-25-17-23(18-26(19-25)38-32(40)22-9-5-2-6-10-22)33(41)36-24-11-13-27(14-12-24)46-28-15-16-29(34(42)43)30(20-28)35(44)45/h1-20H,(H,36,41)(H,37,39)(H,38,40)(H,42,43)(H,44,45). The molecule has 228 valence electrons. The predicted octanol–water partition coefficient (Wildman–Crippen LogP) is 6.63. The molecule has 5 aromatic rings. The Bertz CT molecular complexity index is 1870. The molecule has 0 unspecified atom stereocenters. The van der Waals surface area contributed by atoms with E-state index in [9.17, 15) is 34.2 Å². The number of benzene rings is 5. The minimum absolute atomic E-state index is 0.110. The van der Waals surface area contributed by atoms with Gasteiger partial charge in [-0.3, -0.25) is 14.4 Å². The van der Waals surface area contributed by atoms with Crippen molar-refractivity contribution in [3.63, 3.8) is 0 Å². The quantitative estimate of drug-likeness (QED) is 0.116. The van der Waals surface area contributed by atoms with Gasteiger partial charge in [-0.15, -0.1) is 0 Å². The van der Waals surface area contributed by atoms with E-state index >= 15 is 0 Å². The van der Waals surface area contributed by atoms with Crippen molar-refractivity contribution in [2.24, 2.45) is 0 Å². The molecule has 0 saturated heterocycles. The summed E-state index contributed by atoms with van der Waals surface area (Å²) in [6, 6.07) is 31.3. The molecule has 3 amide bonds. The van der Waals surface area contributed by atoms with Crippen LogP contribution in [0, 0.1) is 0 Å². The van der Waals surface area contributed by atoms with Gasteiger partial charge in [-0.1, -0.05) is 36.4 Å². The molecular formula is C35H25N3O8. The Hall–Kier alpha value is -6.75. The van der Waals surface area contributed by atoms with E-state index in [4.69, 9.17) is 4.74 Å². The van der Waals surface area contributed by atoms with E-state index in [2.05, 4.69) is 16.0 Å². The van der Waals surface area contributed by atoms with Gasteiger partial charge in [-0.2, -0.15) is 0 Å². The highest BCUT2D eigenvalue weighted by molar-refractivity contribution is 6.10. The molecule has 0 bridgehead atoms. The van der Waals surface area contributed by atoms with Gasteiger partial charge in [0.05, 0.1) is 11.1 Å². The first kappa shape index (κ1) is 30.7. The zero-order valence-electron chi connectivity index (χ0n) is 23.9. The van der Waals surface area contributed by atoms with Crippen LogP contribution in [0.1, 0.15) is 51.8 Å². The number of hydrogen-bond donors (Lipinski definition) is 5. The normalized spacial score (nSPS) is 10.3. The highest BCUT2D eigenvalue weighted by Gasteiger charge is 2.18. The summed E-state index contributed by atoms with van der Waals surface area (Å²) < 4.78 is 5.68. The first-order chi connectivity index (χ1) is 22.2. The maximum atomic E-state index is 13.3. The fraction of sp³-hybridized carbons (Fsp3) is 0. The third-order valence-corrected chi connectivity index (χ3v) is 6.58. The predicted molar refractivity (Wildman–Crippen MR) is 170 cm³/mol. The van der Waals surface area contributed by atoms with Crippen molar-refractivity contribution in [2.45, 2.75) is 0 Å². The second-order valence-corrected chi connectivity index (χ2v) is 9.84. The van der Waals surface area contributed by atoms with E-state index in [1.165, 1.54) is 30.3 Å². The van der Waals surface area contributed by atoms with E-state index in [1.54, 1.807) is 78.9 Å². The monoisotopic (exact) mass is 615 g/mol. The van der Waals surface area contributed by atoms with Crippen molar-refractivity contribution >= 4 is 46.7 Å². The number of nitrogens with one attached hydrogen (secondary N) is 3. The number of amides is 3. The van der Waals surface area contributed by atoms with Gasteiger partial charge in [-0.05, 0) is 84.9 Å². The van der Waals surface area contributed by atoms with Gasteiger partial charge in [0.15, 0.2) is 0 Å². The molecule has 0 radical (unpaired) electrons. The van der Waals surface area contributed by atoms with E-state index in [0.717, 1.165) is 12.1 Å². The molecule has 5 rings (SSSR count). The van der Waals surface area contributed by atoms with Crippen molar-refractivity contribution in [3.05, 3.63) is 149 Å². The lowest BCUT2D eigenvalue weighted by molar-refractivity contribution is 0.0651. The number of anilines is 3. The van der Waals surface area contributed by atoms with Crippen LogP contribution in [-0.4, -0.2) is 39.9 Å². The molecule has 0 fully saturated rings. The Morgan fingerprint density at radius 1 is 0.435 bits per heavy atom. The van der Waals surface area contributed by atoms with Gasteiger partial charge in [0.1, 0.15) is 11.5 Å². The minimum Gasteiger partial charge on any atom is -0.478 e. The molecule has 0 aliphatic carbocycles. The van der Waals surface area contributed by atoms with Gasteiger partial charge in [0, 0.05) is 33.8 Å². The largest absolute Gasteiger partial charge is 0.478 e. The van der Waals surface area contributed by atoms with Crippen LogP contribution in [0.15, 0.2) is 121 Å². The van der Waals surface area contributed by atoms with Gasteiger partial charge in [0.2, 0.25) is 0 Å². The number of carbonyl (C=O) groups excluding carboxylic acids is 3. The van der Waals surface area contributed by atoms with Crippen molar-refractivity contribution in [1.29, 1.82) is 0 Å². The molecule has 11 nitrogen and oxygen atoms in total. The number of carboxylic acid groups (broad SMARTS) is 2. The molecule has 0 spiro atoms. The number of aromatic carboxylic acids is 2. The van der Waals surface area contributed by atoms with Crippen molar-refractivity contribution in [1.82, 2.24) is 0 Å². The fourth-order valence-corrected chi connectivity index (χ4v) is 4.38. The first-order valence-corrected chi connectivity index (χ1v) is 13.7. The third-order valence-electron chi connectivity index (χ3n) is 6.58. The smallest absolute Gasteiger partial charge is 0.336 e. The van der Waals surface area contributed by atoms with Gasteiger partial charge < -0.3 is 30.9 Å². The number of carboxylic acids is 2. The number of hydrogen-bond acceptors (Lipinski definition) is 6. The van der Waals surface area contributed by atoms with Gasteiger partial charge in [0.25, 0.3) is 17.7 Å². The summed E-state index contributed by atoms with van der Waals surface area (Å²) in [5.41, 5.74) is 1.12. The van der Waals surface area contributed by atoms with Crippen LogP contribution >= 0.6 is 0 Å². The van der Waals surface area contributed by atoms with E-state index in [0.29, 0.717) is 22.6 Å². The highest BCUT2D eigenvalue weighted by Crippen LogP contribution is 2.27. The van der Waals surface area contributed by atoms with Crippen molar-refractivity contribution in [3.8, 4) is 11.5 Å². The third kappa shape index (κ3) is 7.60. The maximum absolute atomic E-state index is 13.3. The lowest BCUT2D eigenvalue weighted by Crippen LogP contribution is -2.17. The summed E-state index contributed by atoms with van der Waals surface area (Å²) in [5.74, 6) is -3.71. The first-order valence-electron chi connectivity index (χ1n) is 13.7. The Labute approximate surface area is 262 Å². The van der Waals surface area contributed by atoms with Crippen LogP contribution in [0.5, 0.6) is 11.5 Å². The van der Waals surface area contributed by atoms with Crippen molar-refractivity contribution < 1.29 is 38.9 Å². The summed E-state index contributed by atoms with van der Waals surface area (Å²) >= 11 is 0. The Balaban J connectivity index is 1.34. The topological polar surface area (TPSA) is 171 Å². The molecule has 0 aliphatic rings. The van der Waals surface area contributed by atoms with E-state index in [1.807, 2.05) is 0 Å². The average molecular weight is 616 g/mol. The molecule has 0 heterocycles. The van der Waals surface area contributed by atoms with Gasteiger partial charge in [-0.25, -0.2) is 9.59 Å². The van der Waals surface area contributed by atoms with Crippen LogP contribution in [0.3, 0.4) is 0 Å². The summed E-state index contributed by atoms with van der Waals surface area (Å²) in [6.45, 7) is 0. The summed E-state index contributed by atoms with van der Waals surface area (Å²) in [6.07, 6.45) is 0. The Morgan fingerprint density at radius 2 is 0.891 bits per heavy atom. The lowest BCUT2D eigenvalue weighted by atomic mass is 10.1. The minimum atomic E-state index is -1.41. The van der Waals surface area contributed by atoms with Crippen molar-refractivity contribution in [2.75, 3.05) is 16.0 Å². The van der Waals surface area contributed by atoms with E-state index in [-0.39, 0.29) is 28.3 Å². The number of carbonyl (C=O) groups is 5. The summed E-state index contributed by atoms with van der Waals surface area (Å²) in [4.78, 5) is 61.8. The number of ether oxygens (including phenoxy) is 1. The Morgan fingerprint density at radius 3 is 1.39 bits per heavy atom. The molecule has 46 heavy (non-hydrogen) atoms. The van der Waals surface area contributed by atoms with Crippen LogP contribution < -0.4 is 20.7 Å². The molecule has 5 aromatic carbocycles. The lowest BCUT2D eigenvalue weighted by Gasteiger charge is -2.13. The zero-order valence-corrected chi connectivity index (χ0v) is 23.9.